The molecule has 1 aliphatic rings. The molecule has 0 saturated heterocycles. The van der Waals surface area contributed by atoms with Crippen molar-refractivity contribution in [3.05, 3.63) is 64.7 Å². The zero-order chi connectivity index (χ0) is 14.9. The Bertz CT molecular complexity index is 617. The van der Waals surface area contributed by atoms with E-state index in [9.17, 15) is 0 Å². The molecule has 0 saturated carbocycles. The van der Waals surface area contributed by atoms with Crippen molar-refractivity contribution < 1.29 is 0 Å². The van der Waals surface area contributed by atoms with E-state index in [4.69, 9.17) is 0 Å². The summed E-state index contributed by atoms with van der Waals surface area (Å²) in [7, 11) is 0. The number of nitrogens with one attached hydrogen (secondary N) is 1. The fourth-order valence-electron chi connectivity index (χ4n) is 3.00. The highest BCUT2D eigenvalue weighted by Crippen LogP contribution is 2.25. The summed E-state index contributed by atoms with van der Waals surface area (Å²) >= 11 is 0. The molecule has 3 rings (SSSR count). The third kappa shape index (κ3) is 3.29. The Morgan fingerprint density at radius 1 is 0.952 bits per heavy atom. The molecule has 2 aromatic rings. The van der Waals surface area contributed by atoms with E-state index >= 15 is 0 Å². The Hall–Kier alpha value is -1.76. The average molecular weight is 279 g/mol. The molecule has 110 valence electrons. The van der Waals surface area contributed by atoms with E-state index < -0.39 is 0 Å². The van der Waals surface area contributed by atoms with Gasteiger partial charge in [0.2, 0.25) is 0 Å². The van der Waals surface area contributed by atoms with E-state index in [0.717, 1.165) is 13.0 Å². The molecule has 0 fully saturated rings. The lowest BCUT2D eigenvalue weighted by Crippen LogP contribution is -2.12. The third-order valence-electron chi connectivity index (χ3n) is 4.34. The van der Waals surface area contributed by atoms with Gasteiger partial charge < -0.3 is 5.32 Å². The average Bonchev–Trinajstić information content (AvgIpc) is 2.47. The first-order valence-corrected chi connectivity index (χ1v) is 7.97. The summed E-state index contributed by atoms with van der Waals surface area (Å²) in [5.74, 6) is 0. The summed E-state index contributed by atoms with van der Waals surface area (Å²) in [6, 6.07) is 16.0. The predicted octanol–water partition coefficient (Wildman–Crippen LogP) is 4.93. The van der Waals surface area contributed by atoms with E-state index in [1.807, 2.05) is 0 Å². The van der Waals surface area contributed by atoms with Crippen molar-refractivity contribution in [1.29, 1.82) is 0 Å². The van der Waals surface area contributed by atoms with Crippen LogP contribution in [0.3, 0.4) is 0 Å². The highest BCUT2D eigenvalue weighted by molar-refractivity contribution is 5.54. The molecule has 1 nitrogen and oxygen atoms in total. The third-order valence-corrected chi connectivity index (χ3v) is 4.34. The van der Waals surface area contributed by atoms with Gasteiger partial charge in [-0.05, 0) is 53.0 Å². The molecule has 21 heavy (non-hydrogen) atoms. The lowest BCUT2D eigenvalue weighted by atomic mass is 9.86. The van der Waals surface area contributed by atoms with Crippen LogP contribution in [0.4, 0.5) is 5.69 Å². The van der Waals surface area contributed by atoms with Crippen LogP contribution >= 0.6 is 0 Å². The fourth-order valence-corrected chi connectivity index (χ4v) is 3.00. The highest BCUT2D eigenvalue weighted by atomic mass is 14.9. The fraction of sp³-hybridized carbons (Fsp3) is 0.400. The molecule has 0 unspecified atom stereocenters. The van der Waals surface area contributed by atoms with Crippen molar-refractivity contribution in [3.8, 4) is 0 Å². The number of hydrogen-bond acceptors (Lipinski definition) is 1. The first-order valence-electron chi connectivity index (χ1n) is 7.97. The van der Waals surface area contributed by atoms with Gasteiger partial charge in [-0.25, -0.2) is 0 Å². The maximum atomic E-state index is 3.48. The van der Waals surface area contributed by atoms with Gasteiger partial charge in [0, 0.05) is 12.2 Å². The maximum absolute atomic E-state index is 3.48. The number of rotatable bonds is 2. The largest absolute Gasteiger partial charge is 0.385 e. The lowest BCUT2D eigenvalue weighted by molar-refractivity contribution is 0.590. The normalized spacial score (nSPS) is 14.4. The molecule has 0 aliphatic carbocycles. The monoisotopic (exact) mass is 279 g/mol. The van der Waals surface area contributed by atoms with Gasteiger partial charge in [0.25, 0.3) is 0 Å². The van der Waals surface area contributed by atoms with Gasteiger partial charge in [0.15, 0.2) is 0 Å². The second-order valence-corrected chi connectivity index (χ2v) is 7.15. The van der Waals surface area contributed by atoms with Crippen LogP contribution in [0, 0.1) is 0 Å². The number of aryl methyl sites for hydroxylation is 1. The van der Waals surface area contributed by atoms with Gasteiger partial charge in [-0.1, -0.05) is 57.2 Å². The van der Waals surface area contributed by atoms with Crippen molar-refractivity contribution in [2.45, 2.75) is 45.4 Å². The second-order valence-electron chi connectivity index (χ2n) is 7.15. The molecular formula is C20H25N. The van der Waals surface area contributed by atoms with E-state index in [-0.39, 0.29) is 5.41 Å². The quantitative estimate of drug-likeness (QED) is 0.821. The van der Waals surface area contributed by atoms with Crippen LogP contribution in [0.25, 0.3) is 0 Å². The molecular weight excluding hydrogens is 254 g/mol. The summed E-state index contributed by atoms with van der Waals surface area (Å²) in [6.45, 7) is 7.90. The van der Waals surface area contributed by atoms with Crippen molar-refractivity contribution in [2.24, 2.45) is 0 Å². The van der Waals surface area contributed by atoms with E-state index in [1.54, 1.807) is 0 Å². The summed E-state index contributed by atoms with van der Waals surface area (Å²) in [5, 5.41) is 3.48. The minimum atomic E-state index is 0.232. The number of fused-ring (bicyclic) bond motifs is 1. The van der Waals surface area contributed by atoms with Gasteiger partial charge in [-0.2, -0.15) is 0 Å². The number of anilines is 1. The first-order chi connectivity index (χ1) is 10.0. The van der Waals surface area contributed by atoms with E-state index in [2.05, 4.69) is 68.6 Å². The Kier molecular flexibility index (Phi) is 3.75. The van der Waals surface area contributed by atoms with Crippen LogP contribution in [0.15, 0.2) is 42.5 Å². The zero-order valence-electron chi connectivity index (χ0n) is 13.4. The topological polar surface area (TPSA) is 12.0 Å². The minimum Gasteiger partial charge on any atom is -0.385 e. The van der Waals surface area contributed by atoms with Crippen molar-refractivity contribution in [1.82, 2.24) is 0 Å². The molecule has 0 amide bonds. The van der Waals surface area contributed by atoms with E-state index in [0.29, 0.717) is 0 Å². The Balaban J connectivity index is 1.77. The molecule has 0 bridgehead atoms. The maximum Gasteiger partial charge on any atom is 0.0372 e. The van der Waals surface area contributed by atoms with Crippen LogP contribution in [-0.4, -0.2) is 6.54 Å². The standard InChI is InChI=1S/C20H25N/c1-20(2,3)18-9-6-15(7-10-18)13-16-8-11-19-17(14-16)5-4-12-21-19/h6-11,14,21H,4-5,12-13H2,1-3H3. The van der Waals surface area contributed by atoms with Crippen molar-refractivity contribution in [3.63, 3.8) is 0 Å². The van der Waals surface area contributed by atoms with Crippen LogP contribution in [0.2, 0.25) is 0 Å². The van der Waals surface area contributed by atoms with Crippen molar-refractivity contribution >= 4 is 5.69 Å². The highest BCUT2D eigenvalue weighted by Gasteiger charge is 2.13. The molecule has 2 aromatic carbocycles. The molecule has 0 atom stereocenters. The number of hydrogen-bond donors (Lipinski definition) is 1. The van der Waals surface area contributed by atoms with Gasteiger partial charge in [0.1, 0.15) is 0 Å². The molecule has 1 heteroatoms. The zero-order valence-corrected chi connectivity index (χ0v) is 13.4. The SMILES string of the molecule is CC(C)(C)c1ccc(Cc2ccc3c(c2)CCCN3)cc1. The van der Waals surface area contributed by atoms with Gasteiger partial charge in [-0.15, -0.1) is 0 Å². The second kappa shape index (κ2) is 5.55. The van der Waals surface area contributed by atoms with Crippen LogP contribution in [-0.2, 0) is 18.3 Å². The van der Waals surface area contributed by atoms with Gasteiger partial charge >= 0.3 is 0 Å². The summed E-state index contributed by atoms with van der Waals surface area (Å²) in [4.78, 5) is 0. The Morgan fingerprint density at radius 3 is 2.38 bits per heavy atom. The van der Waals surface area contributed by atoms with Crippen LogP contribution in [0.5, 0.6) is 0 Å². The predicted molar refractivity (Wildman–Crippen MR) is 91.2 cm³/mol. The summed E-state index contributed by atoms with van der Waals surface area (Å²) < 4.78 is 0. The smallest absolute Gasteiger partial charge is 0.0372 e. The van der Waals surface area contributed by atoms with E-state index in [1.165, 1.54) is 40.8 Å². The Morgan fingerprint density at radius 2 is 1.67 bits per heavy atom. The summed E-state index contributed by atoms with van der Waals surface area (Å²) in [6.07, 6.45) is 3.48. The summed E-state index contributed by atoms with van der Waals surface area (Å²) in [5.41, 5.74) is 7.25. The molecule has 1 aliphatic heterocycles. The lowest BCUT2D eigenvalue weighted by Gasteiger charge is -2.20. The molecule has 0 aromatic heterocycles. The first kappa shape index (κ1) is 14.2. The molecule has 0 spiro atoms. The van der Waals surface area contributed by atoms with Crippen molar-refractivity contribution in [2.75, 3.05) is 11.9 Å². The van der Waals surface area contributed by atoms with Crippen LogP contribution in [0.1, 0.15) is 49.4 Å². The minimum absolute atomic E-state index is 0.232. The molecule has 1 N–H and O–H groups in total. The van der Waals surface area contributed by atoms with Crippen LogP contribution < -0.4 is 5.32 Å². The van der Waals surface area contributed by atoms with Gasteiger partial charge in [0.05, 0.1) is 0 Å². The molecule has 1 heterocycles. The molecule has 0 radical (unpaired) electrons. The van der Waals surface area contributed by atoms with Gasteiger partial charge in [-0.3, -0.25) is 0 Å². The Labute approximate surface area is 128 Å². The number of benzene rings is 2.